The van der Waals surface area contributed by atoms with Crippen LogP contribution in [0.4, 0.5) is 0 Å². The topological polar surface area (TPSA) is 61.8 Å². The van der Waals surface area contributed by atoms with Gasteiger partial charge in [-0.05, 0) is 12.8 Å². The van der Waals surface area contributed by atoms with Gasteiger partial charge in [0.1, 0.15) is 10.8 Å². The number of ether oxygens (including phenoxy) is 3. The number of carbonyl (C=O) groups excluding carboxylic acids is 2. The lowest BCUT2D eigenvalue weighted by atomic mass is 9.54. The number of esters is 2. The van der Waals surface area contributed by atoms with E-state index in [9.17, 15) is 9.59 Å². The number of methoxy groups -OCH3 is 2. The van der Waals surface area contributed by atoms with Crippen LogP contribution in [-0.4, -0.2) is 38.4 Å². The lowest BCUT2D eigenvalue weighted by Gasteiger charge is -2.45. The summed E-state index contributed by atoms with van der Waals surface area (Å²) < 4.78 is 16.4. The molecule has 2 bridgehead atoms. The minimum atomic E-state index is -0.739. The second-order valence-corrected chi connectivity index (χ2v) is 7.71. The third-order valence-electron chi connectivity index (χ3n) is 7.77. The summed E-state index contributed by atoms with van der Waals surface area (Å²) in [7, 11) is 2.84. The van der Waals surface area contributed by atoms with E-state index in [0.717, 1.165) is 25.7 Å². The van der Waals surface area contributed by atoms with Gasteiger partial charge >= 0.3 is 11.9 Å². The van der Waals surface area contributed by atoms with E-state index in [1.165, 1.54) is 33.5 Å². The lowest BCUT2D eigenvalue weighted by molar-refractivity contribution is -0.181. The third kappa shape index (κ3) is 0.802. The van der Waals surface area contributed by atoms with Crippen LogP contribution in [0.15, 0.2) is 0 Å². The highest BCUT2D eigenvalue weighted by Crippen LogP contribution is 3.12. The highest BCUT2D eigenvalue weighted by atomic mass is 16.6. The Balaban J connectivity index is 1.66. The fraction of sp³-hybridized carbons (Fsp3) is 0.882. The van der Waals surface area contributed by atoms with Crippen molar-refractivity contribution in [3.05, 3.63) is 0 Å². The Morgan fingerprint density at radius 1 is 0.818 bits per heavy atom. The van der Waals surface area contributed by atoms with Crippen LogP contribution in [0, 0.1) is 21.7 Å². The van der Waals surface area contributed by atoms with Crippen molar-refractivity contribution in [3.8, 4) is 0 Å². The molecule has 2 spiro atoms. The first kappa shape index (κ1) is 13.3. The van der Waals surface area contributed by atoms with Crippen molar-refractivity contribution in [3.63, 3.8) is 0 Å². The third-order valence-corrected chi connectivity index (χ3v) is 7.77. The molecule has 6 atom stereocenters. The number of hydrogen-bond donors (Lipinski definition) is 0. The van der Waals surface area contributed by atoms with Gasteiger partial charge in [0.25, 0.3) is 0 Å². The van der Waals surface area contributed by atoms with E-state index in [4.69, 9.17) is 14.2 Å². The fourth-order valence-electron chi connectivity index (χ4n) is 7.46. The highest BCUT2D eigenvalue weighted by Gasteiger charge is 3.23. The molecule has 4 aliphatic carbocycles. The summed E-state index contributed by atoms with van der Waals surface area (Å²) in [5.41, 5.74) is -1.76. The van der Waals surface area contributed by atoms with Crippen molar-refractivity contribution in [2.75, 3.05) is 14.2 Å². The van der Waals surface area contributed by atoms with E-state index >= 15 is 0 Å². The van der Waals surface area contributed by atoms with E-state index in [0.29, 0.717) is 0 Å². The van der Waals surface area contributed by atoms with E-state index in [-0.39, 0.29) is 35.0 Å². The molecule has 0 aromatic rings. The minimum Gasteiger partial charge on any atom is -0.468 e. The molecule has 2 saturated heterocycles. The van der Waals surface area contributed by atoms with Crippen LogP contribution >= 0.6 is 0 Å². The summed E-state index contributed by atoms with van der Waals surface area (Å²) >= 11 is 0. The van der Waals surface area contributed by atoms with Gasteiger partial charge in [-0.25, -0.2) is 0 Å². The van der Waals surface area contributed by atoms with Gasteiger partial charge in [0.15, 0.2) is 0 Å². The predicted molar refractivity (Wildman–Crippen MR) is 74.7 cm³/mol. The summed E-state index contributed by atoms with van der Waals surface area (Å²) in [5.74, 6) is -0.504. The van der Waals surface area contributed by atoms with Gasteiger partial charge < -0.3 is 14.2 Å². The Bertz CT molecular complexity index is 552. The maximum atomic E-state index is 12.7. The first-order chi connectivity index (χ1) is 10.6. The zero-order valence-corrected chi connectivity index (χ0v) is 13.1. The Hall–Kier alpha value is -1.10. The summed E-state index contributed by atoms with van der Waals surface area (Å²) in [6.07, 6.45) is 7.64. The Morgan fingerprint density at radius 2 is 1.23 bits per heavy atom. The van der Waals surface area contributed by atoms with Crippen LogP contribution in [0.2, 0.25) is 0 Å². The van der Waals surface area contributed by atoms with Gasteiger partial charge in [0.2, 0.25) is 0 Å². The van der Waals surface area contributed by atoms with E-state index in [2.05, 4.69) is 0 Å². The number of rotatable bonds is 2. The fourth-order valence-corrected chi connectivity index (χ4v) is 7.46. The molecule has 6 rings (SSSR count). The molecule has 6 aliphatic rings. The molecule has 6 fully saturated rings. The largest absolute Gasteiger partial charge is 0.468 e. The molecule has 2 heterocycles. The average Bonchev–Trinajstić information content (AvgIpc) is 3.10. The predicted octanol–water partition coefficient (Wildman–Crippen LogP) is 1.83. The van der Waals surface area contributed by atoms with Gasteiger partial charge in [-0.2, -0.15) is 0 Å². The average molecular weight is 306 g/mol. The molecule has 0 aromatic heterocycles. The standard InChI is InChI=1S/C17H22O5/c1-20-12(18)16-10-14(16)8-6-4-3-5-7-9-15(14)11(22-10)17(15,16)13(19)21-2/h10-11H,3-9H2,1-2H3. The van der Waals surface area contributed by atoms with Crippen molar-refractivity contribution >= 4 is 11.9 Å². The Morgan fingerprint density at radius 3 is 1.64 bits per heavy atom. The summed E-state index contributed by atoms with van der Waals surface area (Å²) in [4.78, 5) is 25.4. The second-order valence-electron chi connectivity index (χ2n) is 7.71. The molecular weight excluding hydrogens is 284 g/mol. The van der Waals surface area contributed by atoms with Crippen LogP contribution in [-0.2, 0) is 23.8 Å². The SMILES string of the molecule is COC(=O)C12C3OC4C5(CCCCCCCC351)C42C(=O)OC. The molecule has 0 radical (unpaired) electrons. The van der Waals surface area contributed by atoms with Crippen LogP contribution < -0.4 is 0 Å². The zero-order chi connectivity index (χ0) is 15.4. The molecule has 0 N–H and O–H groups in total. The van der Waals surface area contributed by atoms with Crippen molar-refractivity contribution in [1.82, 2.24) is 0 Å². The maximum absolute atomic E-state index is 12.7. The molecule has 120 valence electrons. The molecule has 2 aliphatic heterocycles. The Kier molecular flexibility index (Phi) is 2.14. The van der Waals surface area contributed by atoms with Gasteiger partial charge in [-0.15, -0.1) is 0 Å². The summed E-state index contributed by atoms with van der Waals surface area (Å²) in [6, 6.07) is 0. The number of carbonyl (C=O) groups is 2. The second kappa shape index (κ2) is 3.53. The highest BCUT2D eigenvalue weighted by molar-refractivity contribution is 6.05. The van der Waals surface area contributed by atoms with Gasteiger partial charge in [0, 0.05) is 10.8 Å². The molecule has 4 saturated carbocycles. The molecule has 22 heavy (non-hydrogen) atoms. The van der Waals surface area contributed by atoms with Crippen LogP contribution in [0.25, 0.3) is 0 Å². The normalized spacial score (nSPS) is 56.3. The monoisotopic (exact) mass is 306 g/mol. The van der Waals surface area contributed by atoms with E-state index < -0.39 is 10.8 Å². The van der Waals surface area contributed by atoms with Gasteiger partial charge in [-0.3, -0.25) is 9.59 Å². The van der Waals surface area contributed by atoms with Crippen molar-refractivity contribution in [1.29, 1.82) is 0 Å². The van der Waals surface area contributed by atoms with Crippen molar-refractivity contribution < 1.29 is 23.8 Å². The van der Waals surface area contributed by atoms with E-state index in [1.807, 2.05) is 0 Å². The van der Waals surface area contributed by atoms with Crippen LogP contribution in [0.3, 0.4) is 0 Å². The molecule has 0 amide bonds. The quantitative estimate of drug-likeness (QED) is 0.728. The van der Waals surface area contributed by atoms with Gasteiger partial charge in [0.05, 0.1) is 26.4 Å². The summed E-state index contributed by atoms with van der Waals surface area (Å²) in [6.45, 7) is 0. The molecule has 0 aromatic carbocycles. The van der Waals surface area contributed by atoms with Crippen LogP contribution in [0.1, 0.15) is 44.9 Å². The van der Waals surface area contributed by atoms with Crippen molar-refractivity contribution in [2.45, 2.75) is 57.2 Å². The maximum Gasteiger partial charge on any atom is 0.316 e. The minimum absolute atomic E-state index is 0.116. The summed E-state index contributed by atoms with van der Waals surface area (Å²) in [5, 5.41) is 0. The first-order valence-electron chi connectivity index (χ1n) is 8.47. The molecule has 6 unspecified atom stereocenters. The molecule has 5 nitrogen and oxygen atoms in total. The Labute approximate surface area is 129 Å². The molecular formula is C17H22O5. The van der Waals surface area contributed by atoms with Gasteiger partial charge in [-0.1, -0.05) is 32.1 Å². The van der Waals surface area contributed by atoms with Crippen molar-refractivity contribution in [2.24, 2.45) is 21.7 Å². The number of hydrogen-bond acceptors (Lipinski definition) is 5. The smallest absolute Gasteiger partial charge is 0.316 e. The van der Waals surface area contributed by atoms with Crippen LogP contribution in [0.5, 0.6) is 0 Å². The zero-order valence-electron chi connectivity index (χ0n) is 13.1. The molecule has 5 heteroatoms. The van der Waals surface area contributed by atoms with E-state index in [1.54, 1.807) is 0 Å². The lowest BCUT2D eigenvalue weighted by Crippen LogP contribution is -2.55. The first-order valence-corrected chi connectivity index (χ1v) is 8.47.